The molecule has 1 heterocycles. The van der Waals surface area contributed by atoms with Crippen LogP contribution in [0.1, 0.15) is 5.56 Å². The lowest BCUT2D eigenvalue weighted by molar-refractivity contribution is -0.148. The van der Waals surface area contributed by atoms with E-state index in [2.05, 4.69) is 20.7 Å². The number of ether oxygens (including phenoxy) is 1. The first kappa shape index (κ1) is 18.2. The molecule has 0 aliphatic rings. The number of esters is 1. The van der Waals surface area contributed by atoms with E-state index in [1.807, 2.05) is 31.2 Å². The van der Waals surface area contributed by atoms with Crippen LogP contribution in [0, 0.1) is 12.7 Å². The Kier molecular flexibility index (Phi) is 5.50. The Labute approximate surface area is 154 Å². The molecular weight excluding hydrogens is 353 g/mol. The molecular formula is C18H16FN5O3. The smallest absolute Gasteiger partial charge is 0.330 e. The van der Waals surface area contributed by atoms with Crippen LogP contribution in [-0.4, -0.2) is 38.7 Å². The topological polar surface area (TPSA) is 99.0 Å². The van der Waals surface area contributed by atoms with Gasteiger partial charge in [0.1, 0.15) is 5.82 Å². The van der Waals surface area contributed by atoms with Crippen LogP contribution in [0.2, 0.25) is 0 Å². The highest BCUT2D eigenvalue weighted by molar-refractivity contribution is 5.92. The molecule has 9 heteroatoms. The highest BCUT2D eigenvalue weighted by Gasteiger charge is 2.12. The number of aryl methyl sites for hydroxylation is 1. The third kappa shape index (κ3) is 5.18. The predicted molar refractivity (Wildman–Crippen MR) is 94.0 cm³/mol. The zero-order valence-corrected chi connectivity index (χ0v) is 14.4. The van der Waals surface area contributed by atoms with Gasteiger partial charge in [-0.1, -0.05) is 35.9 Å². The van der Waals surface area contributed by atoms with Crippen molar-refractivity contribution in [3.63, 3.8) is 0 Å². The number of carbonyl (C=O) groups is 2. The Balaban J connectivity index is 1.49. The van der Waals surface area contributed by atoms with Crippen molar-refractivity contribution >= 4 is 17.6 Å². The van der Waals surface area contributed by atoms with Gasteiger partial charge in [0.2, 0.25) is 5.82 Å². The standard InChI is InChI=1S/C18H16FN5O3/c1-12-5-7-13(8-6-12)18-21-23-24(22-18)10-17(26)27-11-16(25)20-15-4-2-3-14(19)9-15/h2-9H,10-11H2,1H3,(H,20,25). The van der Waals surface area contributed by atoms with Crippen LogP contribution < -0.4 is 5.32 Å². The number of rotatable bonds is 6. The van der Waals surface area contributed by atoms with Crippen LogP contribution in [0.25, 0.3) is 11.4 Å². The fourth-order valence-electron chi connectivity index (χ4n) is 2.20. The molecule has 1 aromatic heterocycles. The molecule has 3 rings (SSSR count). The maximum Gasteiger partial charge on any atom is 0.330 e. The molecule has 1 amide bonds. The quantitative estimate of drug-likeness (QED) is 0.667. The van der Waals surface area contributed by atoms with Gasteiger partial charge in [-0.3, -0.25) is 4.79 Å². The Morgan fingerprint density at radius 2 is 1.96 bits per heavy atom. The van der Waals surface area contributed by atoms with Crippen molar-refractivity contribution < 1.29 is 18.7 Å². The van der Waals surface area contributed by atoms with Gasteiger partial charge < -0.3 is 10.1 Å². The lowest BCUT2D eigenvalue weighted by Crippen LogP contribution is -2.23. The number of benzene rings is 2. The number of hydrogen-bond donors (Lipinski definition) is 1. The van der Waals surface area contributed by atoms with Gasteiger partial charge in [0.15, 0.2) is 13.2 Å². The van der Waals surface area contributed by atoms with Gasteiger partial charge in [-0.25, -0.2) is 9.18 Å². The number of nitrogens with one attached hydrogen (secondary N) is 1. The molecule has 0 spiro atoms. The van der Waals surface area contributed by atoms with Gasteiger partial charge in [-0.05, 0) is 30.3 Å². The fourth-order valence-corrected chi connectivity index (χ4v) is 2.20. The lowest BCUT2D eigenvalue weighted by atomic mass is 10.1. The van der Waals surface area contributed by atoms with E-state index in [9.17, 15) is 14.0 Å². The molecule has 8 nitrogen and oxygen atoms in total. The SMILES string of the molecule is Cc1ccc(-c2nnn(CC(=O)OCC(=O)Nc3cccc(F)c3)n2)cc1. The van der Waals surface area contributed by atoms with Crippen molar-refractivity contribution in [2.45, 2.75) is 13.5 Å². The van der Waals surface area contributed by atoms with Crippen molar-refractivity contribution in [3.05, 3.63) is 59.9 Å². The molecule has 1 N–H and O–H groups in total. The minimum Gasteiger partial charge on any atom is -0.454 e. The van der Waals surface area contributed by atoms with Gasteiger partial charge in [0.05, 0.1) is 0 Å². The van der Waals surface area contributed by atoms with E-state index in [4.69, 9.17) is 4.74 Å². The van der Waals surface area contributed by atoms with Crippen molar-refractivity contribution in [3.8, 4) is 11.4 Å². The van der Waals surface area contributed by atoms with Crippen molar-refractivity contribution in [1.29, 1.82) is 0 Å². The second-order valence-electron chi connectivity index (χ2n) is 5.73. The molecule has 0 atom stereocenters. The average molecular weight is 369 g/mol. The third-order valence-corrected chi connectivity index (χ3v) is 3.51. The van der Waals surface area contributed by atoms with Crippen LogP contribution in [0.5, 0.6) is 0 Å². The fraction of sp³-hybridized carbons (Fsp3) is 0.167. The molecule has 3 aromatic rings. The van der Waals surface area contributed by atoms with Crippen molar-refractivity contribution in [2.75, 3.05) is 11.9 Å². The molecule has 0 bridgehead atoms. The first-order valence-electron chi connectivity index (χ1n) is 8.05. The average Bonchev–Trinajstić information content (AvgIpc) is 3.09. The van der Waals surface area contributed by atoms with E-state index in [0.717, 1.165) is 22.0 Å². The number of hydrogen-bond acceptors (Lipinski definition) is 6. The molecule has 0 radical (unpaired) electrons. The van der Waals surface area contributed by atoms with Gasteiger partial charge in [-0.2, -0.15) is 4.80 Å². The molecule has 0 saturated heterocycles. The van der Waals surface area contributed by atoms with Crippen LogP contribution in [0.4, 0.5) is 10.1 Å². The Hall–Kier alpha value is -3.62. The van der Waals surface area contributed by atoms with Crippen molar-refractivity contribution in [1.82, 2.24) is 20.2 Å². The number of amides is 1. The van der Waals surface area contributed by atoms with Gasteiger partial charge in [0.25, 0.3) is 5.91 Å². The van der Waals surface area contributed by atoms with Gasteiger partial charge in [0, 0.05) is 11.3 Å². The van der Waals surface area contributed by atoms with E-state index in [-0.39, 0.29) is 12.2 Å². The first-order chi connectivity index (χ1) is 13.0. The summed E-state index contributed by atoms with van der Waals surface area (Å²) in [5, 5.41) is 14.2. The second-order valence-corrected chi connectivity index (χ2v) is 5.73. The highest BCUT2D eigenvalue weighted by atomic mass is 19.1. The molecule has 0 saturated carbocycles. The second kappa shape index (κ2) is 8.17. The summed E-state index contributed by atoms with van der Waals surface area (Å²) < 4.78 is 17.9. The number of anilines is 1. The number of nitrogens with zero attached hydrogens (tertiary/aromatic N) is 4. The maximum absolute atomic E-state index is 13.1. The van der Waals surface area contributed by atoms with E-state index in [1.165, 1.54) is 18.2 Å². The van der Waals surface area contributed by atoms with Crippen LogP contribution >= 0.6 is 0 Å². The highest BCUT2D eigenvalue weighted by Crippen LogP contribution is 2.14. The van der Waals surface area contributed by atoms with Crippen LogP contribution in [0.3, 0.4) is 0 Å². The van der Waals surface area contributed by atoms with Crippen LogP contribution in [-0.2, 0) is 20.9 Å². The minimum absolute atomic E-state index is 0.275. The summed E-state index contributed by atoms with van der Waals surface area (Å²) in [4.78, 5) is 24.6. The first-order valence-corrected chi connectivity index (χ1v) is 8.05. The summed E-state index contributed by atoms with van der Waals surface area (Å²) in [6.45, 7) is 1.18. The summed E-state index contributed by atoms with van der Waals surface area (Å²) >= 11 is 0. The number of aromatic nitrogens is 4. The zero-order chi connectivity index (χ0) is 19.2. The lowest BCUT2D eigenvalue weighted by Gasteiger charge is -2.06. The van der Waals surface area contributed by atoms with Gasteiger partial charge in [-0.15, -0.1) is 10.2 Å². The zero-order valence-electron chi connectivity index (χ0n) is 14.4. The summed E-state index contributed by atoms with van der Waals surface area (Å²) in [5.41, 5.74) is 2.15. The molecule has 0 fully saturated rings. The molecule has 0 unspecified atom stereocenters. The summed E-state index contributed by atoms with van der Waals surface area (Å²) in [7, 11) is 0. The number of tetrazole rings is 1. The van der Waals surface area contributed by atoms with Crippen molar-refractivity contribution in [2.24, 2.45) is 0 Å². The van der Waals surface area contributed by atoms with Crippen LogP contribution in [0.15, 0.2) is 48.5 Å². The number of carbonyl (C=O) groups excluding carboxylic acids is 2. The molecule has 27 heavy (non-hydrogen) atoms. The van der Waals surface area contributed by atoms with E-state index >= 15 is 0 Å². The van der Waals surface area contributed by atoms with Gasteiger partial charge >= 0.3 is 5.97 Å². The van der Waals surface area contributed by atoms with E-state index < -0.39 is 24.3 Å². The summed E-state index contributed by atoms with van der Waals surface area (Å²) in [5.74, 6) is -1.38. The Morgan fingerprint density at radius 3 is 2.70 bits per heavy atom. The number of halogens is 1. The van der Waals surface area contributed by atoms with E-state index in [1.54, 1.807) is 0 Å². The summed E-state index contributed by atoms with van der Waals surface area (Å²) in [6, 6.07) is 12.9. The Bertz CT molecular complexity index is 956. The summed E-state index contributed by atoms with van der Waals surface area (Å²) in [6.07, 6.45) is 0. The van der Waals surface area contributed by atoms with E-state index in [0.29, 0.717) is 5.82 Å². The molecule has 2 aromatic carbocycles. The molecule has 138 valence electrons. The third-order valence-electron chi connectivity index (χ3n) is 3.51. The Morgan fingerprint density at radius 1 is 1.19 bits per heavy atom. The predicted octanol–water partition coefficient (Wildman–Crippen LogP) is 1.97. The molecule has 0 aliphatic heterocycles. The maximum atomic E-state index is 13.1. The normalized spacial score (nSPS) is 10.4. The largest absolute Gasteiger partial charge is 0.454 e. The minimum atomic E-state index is -0.697. The molecule has 0 aliphatic carbocycles. The monoisotopic (exact) mass is 369 g/mol.